The highest BCUT2D eigenvalue weighted by Crippen LogP contribution is 2.35. The predicted octanol–water partition coefficient (Wildman–Crippen LogP) is 3.15. The maximum atomic E-state index is 13.1. The first-order chi connectivity index (χ1) is 15.5. The lowest BCUT2D eigenvalue weighted by molar-refractivity contribution is 0.103. The summed E-state index contributed by atoms with van der Waals surface area (Å²) >= 11 is 1.34. The largest absolute Gasteiger partial charge is 0.480 e. The first-order valence-corrected chi connectivity index (χ1v) is 11.4. The minimum Gasteiger partial charge on any atom is -0.480 e. The summed E-state index contributed by atoms with van der Waals surface area (Å²) in [4.78, 5) is 28.2. The summed E-state index contributed by atoms with van der Waals surface area (Å²) in [6, 6.07) is 8.07. The summed E-state index contributed by atoms with van der Waals surface area (Å²) in [7, 11) is 5.32. The number of thiophene rings is 1. The molecular weight excluding hydrogens is 426 g/mol. The van der Waals surface area contributed by atoms with Gasteiger partial charge in [0.1, 0.15) is 11.4 Å². The maximum absolute atomic E-state index is 13.1. The highest BCUT2D eigenvalue weighted by atomic mass is 32.1. The topological polar surface area (TPSA) is 79.8 Å². The number of likely N-dealkylation sites (N-methyl/N-ethyl adjacent to an activating group) is 1. The molecule has 1 fully saturated rings. The zero-order valence-electron chi connectivity index (χ0n) is 19.0. The van der Waals surface area contributed by atoms with Crippen molar-refractivity contribution in [3.63, 3.8) is 0 Å². The summed E-state index contributed by atoms with van der Waals surface area (Å²) in [6.07, 6.45) is 0. The molecule has 0 spiro atoms. The SMILES string of the molecule is COCc1nc(OC)c2c(C)c(C(=O)Nc3cccc(CN4CCN(C)CC4)c3)sc2n1. The number of amides is 1. The number of rotatable bonds is 7. The van der Waals surface area contributed by atoms with E-state index in [9.17, 15) is 4.79 Å². The molecule has 1 saturated heterocycles. The molecule has 8 nitrogen and oxygen atoms in total. The van der Waals surface area contributed by atoms with Crippen molar-refractivity contribution in [1.29, 1.82) is 0 Å². The fourth-order valence-electron chi connectivity index (χ4n) is 3.90. The summed E-state index contributed by atoms with van der Waals surface area (Å²) in [5.74, 6) is 0.836. The fraction of sp³-hybridized carbons (Fsp3) is 0.435. The number of methoxy groups -OCH3 is 2. The van der Waals surface area contributed by atoms with E-state index in [1.54, 1.807) is 14.2 Å². The summed E-state index contributed by atoms with van der Waals surface area (Å²) in [5, 5.41) is 3.82. The molecule has 0 unspecified atom stereocenters. The number of anilines is 1. The van der Waals surface area contributed by atoms with Gasteiger partial charge in [0, 0.05) is 45.5 Å². The Kier molecular flexibility index (Phi) is 7.00. The van der Waals surface area contributed by atoms with Crippen LogP contribution in [0.1, 0.15) is 26.6 Å². The lowest BCUT2D eigenvalue weighted by atomic mass is 10.1. The molecule has 0 bridgehead atoms. The van der Waals surface area contributed by atoms with Crippen molar-refractivity contribution < 1.29 is 14.3 Å². The number of fused-ring (bicyclic) bond motifs is 1. The summed E-state index contributed by atoms with van der Waals surface area (Å²) < 4.78 is 10.6. The molecule has 0 saturated carbocycles. The smallest absolute Gasteiger partial charge is 0.266 e. The van der Waals surface area contributed by atoms with Gasteiger partial charge in [0.2, 0.25) is 5.88 Å². The van der Waals surface area contributed by atoms with Crippen molar-refractivity contribution in [3.8, 4) is 5.88 Å². The first kappa shape index (κ1) is 22.6. The normalized spacial score (nSPS) is 15.2. The third kappa shape index (κ3) is 4.91. The molecule has 32 heavy (non-hydrogen) atoms. The molecule has 3 heterocycles. The molecule has 0 radical (unpaired) electrons. The van der Waals surface area contributed by atoms with Crippen molar-refractivity contribution in [1.82, 2.24) is 19.8 Å². The van der Waals surface area contributed by atoms with Gasteiger partial charge in [0.05, 0.1) is 17.4 Å². The Bertz CT molecular complexity index is 1110. The van der Waals surface area contributed by atoms with Gasteiger partial charge in [0.15, 0.2) is 5.82 Å². The van der Waals surface area contributed by atoms with Crippen molar-refractivity contribution in [3.05, 3.63) is 46.1 Å². The highest BCUT2D eigenvalue weighted by Gasteiger charge is 2.21. The molecular formula is C23H29N5O3S. The van der Waals surface area contributed by atoms with Gasteiger partial charge in [-0.05, 0) is 37.2 Å². The molecule has 1 aromatic carbocycles. The summed E-state index contributed by atoms with van der Waals surface area (Å²) in [6.45, 7) is 7.35. The van der Waals surface area contributed by atoms with E-state index in [1.165, 1.54) is 16.9 Å². The number of nitrogens with one attached hydrogen (secondary N) is 1. The van der Waals surface area contributed by atoms with Gasteiger partial charge in [-0.1, -0.05) is 12.1 Å². The number of piperazine rings is 1. The van der Waals surface area contributed by atoms with Gasteiger partial charge >= 0.3 is 0 Å². The van der Waals surface area contributed by atoms with Gasteiger partial charge in [0.25, 0.3) is 5.91 Å². The molecule has 0 aliphatic carbocycles. The Morgan fingerprint density at radius 3 is 2.69 bits per heavy atom. The van der Waals surface area contributed by atoms with Crippen LogP contribution in [0, 0.1) is 6.92 Å². The Hall–Kier alpha value is -2.59. The second-order valence-corrected chi connectivity index (χ2v) is 9.05. The molecule has 4 rings (SSSR count). The van der Waals surface area contributed by atoms with Gasteiger partial charge in [-0.15, -0.1) is 11.3 Å². The second-order valence-electron chi connectivity index (χ2n) is 8.05. The van der Waals surface area contributed by atoms with E-state index in [-0.39, 0.29) is 12.5 Å². The molecule has 1 aliphatic rings. The van der Waals surface area contributed by atoms with Crippen molar-refractivity contribution in [2.75, 3.05) is 52.8 Å². The van der Waals surface area contributed by atoms with Crippen LogP contribution in [-0.4, -0.2) is 73.1 Å². The van der Waals surface area contributed by atoms with Gasteiger partial charge in [-0.25, -0.2) is 4.98 Å². The Labute approximate surface area is 192 Å². The van der Waals surface area contributed by atoms with Crippen LogP contribution in [0.2, 0.25) is 0 Å². The molecule has 1 amide bonds. The fourth-order valence-corrected chi connectivity index (χ4v) is 4.99. The average Bonchev–Trinajstić information content (AvgIpc) is 3.12. The second kappa shape index (κ2) is 9.91. The standard InChI is InChI=1S/C23H29N5O3S/c1-15-19-22(31-4)25-18(14-30-3)26-23(19)32-20(15)21(29)24-17-7-5-6-16(12-17)13-28-10-8-27(2)9-11-28/h5-7,12H,8-11,13-14H2,1-4H3,(H,24,29). The van der Waals surface area contributed by atoms with Crippen LogP contribution in [0.4, 0.5) is 5.69 Å². The van der Waals surface area contributed by atoms with Crippen LogP contribution in [0.15, 0.2) is 24.3 Å². The van der Waals surface area contributed by atoms with Gasteiger partial charge < -0.3 is 19.7 Å². The number of benzene rings is 1. The quantitative estimate of drug-likeness (QED) is 0.586. The lowest BCUT2D eigenvalue weighted by Crippen LogP contribution is -2.43. The van der Waals surface area contributed by atoms with Crippen molar-refractivity contribution in [2.45, 2.75) is 20.1 Å². The third-order valence-corrected chi connectivity index (χ3v) is 6.85. The molecule has 1 N–H and O–H groups in total. The van der Waals surface area contributed by atoms with E-state index < -0.39 is 0 Å². The van der Waals surface area contributed by atoms with E-state index in [0.29, 0.717) is 16.6 Å². The minimum absolute atomic E-state index is 0.155. The van der Waals surface area contributed by atoms with Crippen LogP contribution in [0.25, 0.3) is 10.2 Å². The van der Waals surface area contributed by atoms with Gasteiger partial charge in [-0.3, -0.25) is 9.69 Å². The average molecular weight is 456 g/mol. The number of hydrogen-bond acceptors (Lipinski definition) is 8. The van der Waals surface area contributed by atoms with Crippen LogP contribution in [0.5, 0.6) is 5.88 Å². The van der Waals surface area contributed by atoms with E-state index in [1.807, 2.05) is 19.1 Å². The van der Waals surface area contributed by atoms with Crippen LogP contribution in [0.3, 0.4) is 0 Å². The van der Waals surface area contributed by atoms with Crippen LogP contribution < -0.4 is 10.1 Å². The number of nitrogens with zero attached hydrogens (tertiary/aromatic N) is 4. The Balaban J connectivity index is 1.53. The van der Waals surface area contributed by atoms with E-state index in [4.69, 9.17) is 9.47 Å². The predicted molar refractivity (Wildman–Crippen MR) is 127 cm³/mol. The van der Waals surface area contributed by atoms with Crippen molar-refractivity contribution >= 4 is 33.1 Å². The third-order valence-electron chi connectivity index (χ3n) is 5.66. The molecule has 2 aromatic heterocycles. The molecule has 0 atom stereocenters. The molecule has 3 aromatic rings. The van der Waals surface area contributed by atoms with E-state index in [0.717, 1.165) is 54.2 Å². The molecule has 170 valence electrons. The number of aromatic nitrogens is 2. The molecule has 9 heteroatoms. The minimum atomic E-state index is -0.155. The number of carbonyl (C=O) groups is 1. The Morgan fingerprint density at radius 2 is 1.97 bits per heavy atom. The number of aryl methyl sites for hydroxylation is 1. The van der Waals surface area contributed by atoms with Crippen molar-refractivity contribution in [2.24, 2.45) is 0 Å². The zero-order chi connectivity index (χ0) is 22.7. The first-order valence-electron chi connectivity index (χ1n) is 10.6. The Morgan fingerprint density at radius 1 is 1.19 bits per heavy atom. The van der Waals surface area contributed by atoms with E-state index >= 15 is 0 Å². The monoisotopic (exact) mass is 455 g/mol. The zero-order valence-corrected chi connectivity index (χ0v) is 19.8. The number of hydrogen-bond donors (Lipinski definition) is 1. The number of ether oxygens (including phenoxy) is 2. The van der Waals surface area contributed by atoms with Crippen LogP contribution in [-0.2, 0) is 17.9 Å². The van der Waals surface area contributed by atoms with E-state index in [2.05, 4.69) is 44.3 Å². The van der Waals surface area contributed by atoms with Gasteiger partial charge in [-0.2, -0.15) is 4.98 Å². The lowest BCUT2D eigenvalue weighted by Gasteiger charge is -2.32. The molecule has 1 aliphatic heterocycles. The maximum Gasteiger partial charge on any atom is 0.266 e. The number of carbonyl (C=O) groups excluding carboxylic acids is 1. The highest BCUT2D eigenvalue weighted by molar-refractivity contribution is 7.20. The summed E-state index contributed by atoms with van der Waals surface area (Å²) in [5.41, 5.74) is 2.80. The van der Waals surface area contributed by atoms with Crippen LogP contribution >= 0.6 is 11.3 Å².